The fraction of sp³-hybridized carbons (Fsp3) is 0.923. The van der Waals surface area contributed by atoms with Crippen molar-refractivity contribution in [2.45, 2.75) is 51.2 Å². The number of ether oxygens (including phenoxy) is 1. The van der Waals surface area contributed by atoms with Crippen LogP contribution in [0.1, 0.15) is 39.5 Å². The third kappa shape index (κ3) is 3.19. The molecule has 0 aromatic heterocycles. The Balaban J connectivity index is 1.79. The van der Waals surface area contributed by atoms with Crippen molar-refractivity contribution in [2.75, 3.05) is 19.7 Å². The van der Waals surface area contributed by atoms with Gasteiger partial charge in [0.2, 0.25) is 5.91 Å². The summed E-state index contributed by atoms with van der Waals surface area (Å²) in [5, 5.41) is 6.53. The molecule has 1 aliphatic heterocycles. The van der Waals surface area contributed by atoms with E-state index in [9.17, 15) is 4.79 Å². The van der Waals surface area contributed by atoms with E-state index in [-0.39, 0.29) is 17.4 Å². The first-order chi connectivity index (χ1) is 8.11. The zero-order chi connectivity index (χ0) is 12.3. The number of nitrogens with one attached hydrogen (secondary N) is 2. The first kappa shape index (κ1) is 12.8. The van der Waals surface area contributed by atoms with Gasteiger partial charge in [-0.1, -0.05) is 13.8 Å². The number of hydrogen-bond acceptors (Lipinski definition) is 3. The Hall–Kier alpha value is -0.610. The van der Waals surface area contributed by atoms with Crippen molar-refractivity contribution < 1.29 is 9.53 Å². The smallest absolute Gasteiger partial charge is 0.222 e. The summed E-state index contributed by atoms with van der Waals surface area (Å²) in [5.74, 6) is 0.257. The fourth-order valence-electron chi connectivity index (χ4n) is 2.68. The summed E-state index contributed by atoms with van der Waals surface area (Å²) in [7, 11) is 0. The lowest BCUT2D eigenvalue weighted by Crippen LogP contribution is -2.54. The molecule has 1 spiro atoms. The van der Waals surface area contributed by atoms with Gasteiger partial charge in [0, 0.05) is 25.0 Å². The van der Waals surface area contributed by atoms with E-state index < -0.39 is 0 Å². The SMILES string of the molecule is CC(C)C(=O)NC1CCC2(CC1)CNCCO2. The summed E-state index contributed by atoms with van der Waals surface area (Å²) in [6, 6.07) is 0.348. The van der Waals surface area contributed by atoms with E-state index in [0.29, 0.717) is 6.04 Å². The van der Waals surface area contributed by atoms with Gasteiger partial charge in [-0.15, -0.1) is 0 Å². The van der Waals surface area contributed by atoms with Crippen molar-refractivity contribution in [3.05, 3.63) is 0 Å². The van der Waals surface area contributed by atoms with Crippen molar-refractivity contribution in [3.8, 4) is 0 Å². The van der Waals surface area contributed by atoms with E-state index in [2.05, 4.69) is 10.6 Å². The first-order valence-corrected chi connectivity index (χ1v) is 6.76. The minimum absolute atomic E-state index is 0.0529. The number of carbonyl (C=O) groups excluding carboxylic acids is 1. The maximum Gasteiger partial charge on any atom is 0.222 e. The molecule has 1 saturated heterocycles. The van der Waals surface area contributed by atoms with E-state index in [1.54, 1.807) is 0 Å². The molecule has 2 rings (SSSR count). The minimum Gasteiger partial charge on any atom is -0.372 e. The molecule has 1 heterocycles. The molecule has 0 atom stereocenters. The second kappa shape index (κ2) is 5.36. The first-order valence-electron chi connectivity index (χ1n) is 6.76. The van der Waals surface area contributed by atoms with Gasteiger partial charge in [0.15, 0.2) is 0 Å². The van der Waals surface area contributed by atoms with Gasteiger partial charge in [0.1, 0.15) is 0 Å². The summed E-state index contributed by atoms with van der Waals surface area (Å²) < 4.78 is 5.93. The van der Waals surface area contributed by atoms with Crippen molar-refractivity contribution in [2.24, 2.45) is 5.92 Å². The zero-order valence-corrected chi connectivity index (χ0v) is 10.9. The lowest BCUT2D eigenvalue weighted by atomic mass is 9.81. The highest BCUT2D eigenvalue weighted by atomic mass is 16.5. The topological polar surface area (TPSA) is 50.4 Å². The van der Waals surface area contributed by atoms with E-state index in [0.717, 1.165) is 45.4 Å². The van der Waals surface area contributed by atoms with Crippen LogP contribution in [0.2, 0.25) is 0 Å². The molecule has 0 bridgehead atoms. The van der Waals surface area contributed by atoms with Gasteiger partial charge in [-0.25, -0.2) is 0 Å². The Labute approximate surface area is 103 Å². The van der Waals surface area contributed by atoms with Crippen LogP contribution in [0.15, 0.2) is 0 Å². The van der Waals surface area contributed by atoms with E-state index in [1.165, 1.54) is 0 Å². The minimum atomic E-state index is 0.0529. The highest BCUT2D eigenvalue weighted by Gasteiger charge is 2.37. The van der Waals surface area contributed by atoms with Gasteiger partial charge >= 0.3 is 0 Å². The standard InChI is InChI=1S/C13H24N2O2/c1-10(2)12(16)15-11-3-5-13(6-4-11)9-14-7-8-17-13/h10-11,14H,3-9H2,1-2H3,(H,15,16). The molecule has 1 aliphatic carbocycles. The molecule has 0 aromatic carbocycles. The van der Waals surface area contributed by atoms with Gasteiger partial charge in [0.05, 0.1) is 12.2 Å². The lowest BCUT2D eigenvalue weighted by molar-refractivity contribution is -0.126. The quantitative estimate of drug-likeness (QED) is 0.759. The molecular formula is C13H24N2O2. The number of carbonyl (C=O) groups is 1. The Morgan fingerprint density at radius 1 is 1.41 bits per heavy atom. The number of hydrogen-bond donors (Lipinski definition) is 2. The van der Waals surface area contributed by atoms with Gasteiger partial charge in [0.25, 0.3) is 0 Å². The van der Waals surface area contributed by atoms with E-state index in [1.807, 2.05) is 13.8 Å². The Morgan fingerprint density at radius 2 is 2.12 bits per heavy atom. The normalized spacial score (nSPS) is 33.9. The third-order valence-corrected chi connectivity index (χ3v) is 3.90. The molecule has 0 radical (unpaired) electrons. The highest BCUT2D eigenvalue weighted by molar-refractivity contribution is 5.78. The largest absolute Gasteiger partial charge is 0.372 e. The van der Waals surface area contributed by atoms with Crippen LogP contribution in [-0.4, -0.2) is 37.2 Å². The maximum absolute atomic E-state index is 11.6. The second-order valence-electron chi connectivity index (χ2n) is 5.65. The second-order valence-corrected chi connectivity index (χ2v) is 5.65. The predicted octanol–water partition coefficient (Wildman–Crippen LogP) is 1.06. The van der Waals surface area contributed by atoms with Crippen LogP contribution in [0.3, 0.4) is 0 Å². The predicted molar refractivity (Wildman–Crippen MR) is 66.8 cm³/mol. The van der Waals surface area contributed by atoms with Crippen molar-refractivity contribution in [1.29, 1.82) is 0 Å². The maximum atomic E-state index is 11.6. The van der Waals surface area contributed by atoms with E-state index in [4.69, 9.17) is 4.74 Å². The average molecular weight is 240 g/mol. The van der Waals surface area contributed by atoms with Crippen LogP contribution in [0, 0.1) is 5.92 Å². The molecule has 0 unspecified atom stereocenters. The molecule has 1 saturated carbocycles. The van der Waals surface area contributed by atoms with Crippen LogP contribution in [-0.2, 0) is 9.53 Å². The van der Waals surface area contributed by atoms with Gasteiger partial charge in [-0.2, -0.15) is 0 Å². The molecular weight excluding hydrogens is 216 g/mol. The van der Waals surface area contributed by atoms with Gasteiger partial charge < -0.3 is 15.4 Å². The van der Waals surface area contributed by atoms with Crippen molar-refractivity contribution in [1.82, 2.24) is 10.6 Å². The fourth-order valence-corrected chi connectivity index (χ4v) is 2.68. The van der Waals surface area contributed by atoms with Gasteiger partial charge in [-0.05, 0) is 25.7 Å². The Bertz CT molecular complexity index is 263. The Morgan fingerprint density at radius 3 is 2.65 bits per heavy atom. The average Bonchev–Trinajstić information content (AvgIpc) is 2.33. The van der Waals surface area contributed by atoms with Crippen molar-refractivity contribution >= 4 is 5.91 Å². The Kier molecular flexibility index (Phi) is 4.05. The summed E-state index contributed by atoms with van der Waals surface area (Å²) in [5.41, 5.74) is 0.0529. The van der Waals surface area contributed by atoms with Crippen LogP contribution in [0.25, 0.3) is 0 Å². The van der Waals surface area contributed by atoms with Crippen LogP contribution in [0.5, 0.6) is 0 Å². The van der Waals surface area contributed by atoms with Gasteiger partial charge in [-0.3, -0.25) is 4.79 Å². The zero-order valence-electron chi connectivity index (χ0n) is 10.9. The third-order valence-electron chi connectivity index (χ3n) is 3.90. The summed E-state index contributed by atoms with van der Waals surface area (Å²) >= 11 is 0. The summed E-state index contributed by atoms with van der Waals surface area (Å²) in [6.45, 7) is 6.64. The summed E-state index contributed by atoms with van der Waals surface area (Å²) in [4.78, 5) is 11.6. The highest BCUT2D eigenvalue weighted by Crippen LogP contribution is 2.32. The number of morpholine rings is 1. The molecule has 4 heteroatoms. The van der Waals surface area contributed by atoms with E-state index >= 15 is 0 Å². The van der Waals surface area contributed by atoms with Crippen LogP contribution in [0.4, 0.5) is 0 Å². The van der Waals surface area contributed by atoms with Crippen molar-refractivity contribution in [3.63, 3.8) is 0 Å². The molecule has 2 N–H and O–H groups in total. The number of rotatable bonds is 2. The lowest BCUT2D eigenvalue weighted by Gasteiger charge is -2.43. The molecule has 0 aromatic rings. The van der Waals surface area contributed by atoms with Crippen LogP contribution >= 0.6 is 0 Å². The molecule has 98 valence electrons. The number of amides is 1. The molecule has 2 aliphatic rings. The molecule has 4 nitrogen and oxygen atoms in total. The van der Waals surface area contributed by atoms with Crippen LogP contribution < -0.4 is 10.6 Å². The molecule has 1 amide bonds. The molecule has 2 fully saturated rings. The summed E-state index contributed by atoms with van der Waals surface area (Å²) in [6.07, 6.45) is 4.20. The monoisotopic (exact) mass is 240 g/mol. The molecule has 17 heavy (non-hydrogen) atoms.